The molecule has 0 amide bonds. The molecule has 21 heavy (non-hydrogen) atoms. The van der Waals surface area contributed by atoms with Crippen molar-refractivity contribution in [1.82, 2.24) is 4.90 Å². The number of hydrogen-bond donors (Lipinski definition) is 0. The van der Waals surface area contributed by atoms with Crippen LogP contribution in [0.3, 0.4) is 0 Å². The van der Waals surface area contributed by atoms with Crippen LogP contribution in [0.15, 0.2) is 18.2 Å². The van der Waals surface area contributed by atoms with Crippen molar-refractivity contribution in [2.24, 2.45) is 11.8 Å². The largest absolute Gasteiger partial charge is 0.298 e. The first kappa shape index (κ1) is 14.8. The third kappa shape index (κ3) is 3.39. The molecule has 0 aliphatic carbocycles. The van der Waals surface area contributed by atoms with E-state index in [1.807, 2.05) is 12.1 Å². The second-order valence-corrected chi connectivity index (χ2v) is 8.74. The van der Waals surface area contributed by atoms with Crippen LogP contribution in [0.25, 0.3) is 0 Å². The fourth-order valence-electron chi connectivity index (χ4n) is 3.49. The zero-order valence-electron chi connectivity index (χ0n) is 11.6. The number of nitriles is 1. The first-order valence-corrected chi connectivity index (χ1v) is 9.27. The molecule has 2 fully saturated rings. The Labute approximate surface area is 130 Å². The minimum atomic E-state index is -2.84. The summed E-state index contributed by atoms with van der Waals surface area (Å²) >= 11 is 6.02. The van der Waals surface area contributed by atoms with E-state index < -0.39 is 9.84 Å². The van der Waals surface area contributed by atoms with Crippen molar-refractivity contribution in [2.45, 2.75) is 13.0 Å². The molecule has 0 N–H and O–H groups in total. The summed E-state index contributed by atoms with van der Waals surface area (Å²) in [4.78, 5) is 2.28. The first-order chi connectivity index (χ1) is 9.95. The lowest BCUT2D eigenvalue weighted by Gasteiger charge is -2.23. The minimum absolute atomic E-state index is 0.262. The van der Waals surface area contributed by atoms with Crippen molar-refractivity contribution in [3.8, 4) is 6.07 Å². The number of likely N-dealkylation sites (tertiary alicyclic amines) is 1. The number of nitrogens with zero attached hydrogens (tertiary/aromatic N) is 2. The molecule has 0 saturated carbocycles. The van der Waals surface area contributed by atoms with Crippen LogP contribution < -0.4 is 0 Å². The smallest absolute Gasteiger partial charge is 0.150 e. The third-order valence-electron chi connectivity index (χ3n) is 4.41. The Hall–Kier alpha value is -1.09. The van der Waals surface area contributed by atoms with Crippen LogP contribution in [0, 0.1) is 23.2 Å². The van der Waals surface area contributed by atoms with Gasteiger partial charge in [0.25, 0.3) is 0 Å². The van der Waals surface area contributed by atoms with E-state index in [2.05, 4.69) is 11.0 Å². The lowest BCUT2D eigenvalue weighted by molar-refractivity contribution is 0.314. The number of halogens is 1. The average Bonchev–Trinajstić information content (AvgIpc) is 2.77. The van der Waals surface area contributed by atoms with Gasteiger partial charge < -0.3 is 0 Å². The fraction of sp³-hybridized carbons (Fsp3) is 0.533. The molecular formula is C15H17ClN2O2S. The number of fused-ring (bicyclic) bond motifs is 1. The summed E-state index contributed by atoms with van der Waals surface area (Å²) < 4.78 is 23.4. The van der Waals surface area contributed by atoms with Gasteiger partial charge in [-0.15, -0.1) is 0 Å². The Morgan fingerprint density at radius 3 is 2.81 bits per heavy atom. The summed E-state index contributed by atoms with van der Waals surface area (Å²) in [6.07, 6.45) is 0.780. The summed E-state index contributed by atoms with van der Waals surface area (Å²) in [7, 11) is -2.84. The van der Waals surface area contributed by atoms with E-state index in [1.165, 1.54) is 0 Å². The van der Waals surface area contributed by atoms with Gasteiger partial charge in [0.2, 0.25) is 0 Å². The summed E-state index contributed by atoms with van der Waals surface area (Å²) in [6, 6.07) is 7.49. The summed E-state index contributed by atoms with van der Waals surface area (Å²) in [6.45, 7) is 2.48. The third-order valence-corrected chi connectivity index (χ3v) is 6.42. The maximum atomic E-state index is 11.7. The highest BCUT2D eigenvalue weighted by atomic mass is 35.5. The average molecular weight is 325 g/mol. The van der Waals surface area contributed by atoms with Gasteiger partial charge in [0, 0.05) is 24.7 Å². The molecule has 0 aromatic heterocycles. The molecule has 0 radical (unpaired) electrons. The Kier molecular flexibility index (Phi) is 3.96. The molecule has 2 unspecified atom stereocenters. The van der Waals surface area contributed by atoms with E-state index in [-0.39, 0.29) is 5.92 Å². The van der Waals surface area contributed by atoms with Crippen molar-refractivity contribution in [2.75, 3.05) is 24.6 Å². The van der Waals surface area contributed by atoms with Crippen molar-refractivity contribution >= 4 is 21.4 Å². The molecule has 1 aromatic carbocycles. The van der Waals surface area contributed by atoms with E-state index in [4.69, 9.17) is 16.9 Å². The molecule has 0 spiro atoms. The normalized spacial score (nSPS) is 28.0. The van der Waals surface area contributed by atoms with Crippen molar-refractivity contribution in [3.63, 3.8) is 0 Å². The molecule has 2 aliphatic rings. The van der Waals surface area contributed by atoms with Gasteiger partial charge in [0.15, 0.2) is 9.84 Å². The van der Waals surface area contributed by atoms with Crippen LogP contribution in [0.2, 0.25) is 5.02 Å². The van der Waals surface area contributed by atoms with Crippen molar-refractivity contribution in [1.29, 1.82) is 5.26 Å². The quantitative estimate of drug-likeness (QED) is 0.835. The minimum Gasteiger partial charge on any atom is -0.298 e. The second-order valence-electron chi connectivity index (χ2n) is 6.08. The summed E-state index contributed by atoms with van der Waals surface area (Å²) in [5, 5.41) is 9.56. The molecule has 2 aliphatic heterocycles. The molecule has 2 saturated heterocycles. The molecule has 2 heterocycles. The lowest BCUT2D eigenvalue weighted by atomic mass is 9.95. The standard InChI is InChI=1S/C15H17ClN2O2S/c16-15-4-11(6-17)3-12(5-15)7-18-8-13-1-2-21(19,20)10-14(13)9-18/h3-5,13-14H,1-2,7-10H2. The molecule has 6 heteroatoms. The molecule has 3 rings (SSSR count). The Morgan fingerprint density at radius 2 is 2.05 bits per heavy atom. The zero-order valence-corrected chi connectivity index (χ0v) is 13.2. The predicted molar refractivity (Wildman–Crippen MR) is 81.7 cm³/mol. The second kappa shape index (κ2) is 5.60. The Bertz CT molecular complexity index is 696. The highest BCUT2D eigenvalue weighted by Crippen LogP contribution is 2.33. The van der Waals surface area contributed by atoms with Gasteiger partial charge in [0.05, 0.1) is 23.1 Å². The predicted octanol–water partition coefficient (Wildman–Crippen LogP) is 2.08. The van der Waals surface area contributed by atoms with Crippen molar-refractivity contribution < 1.29 is 8.42 Å². The highest BCUT2D eigenvalue weighted by molar-refractivity contribution is 7.91. The summed E-state index contributed by atoms with van der Waals surface area (Å²) in [5.74, 6) is 1.41. The maximum absolute atomic E-state index is 11.7. The van der Waals surface area contributed by atoms with Gasteiger partial charge >= 0.3 is 0 Å². The number of benzene rings is 1. The van der Waals surface area contributed by atoms with Gasteiger partial charge in [-0.1, -0.05) is 11.6 Å². The number of rotatable bonds is 2. The molecule has 2 atom stereocenters. The Morgan fingerprint density at radius 1 is 1.29 bits per heavy atom. The molecule has 112 valence electrons. The zero-order chi connectivity index (χ0) is 15.0. The monoisotopic (exact) mass is 324 g/mol. The van der Waals surface area contributed by atoms with E-state index in [0.29, 0.717) is 28.0 Å². The molecule has 0 bridgehead atoms. The van der Waals surface area contributed by atoms with Gasteiger partial charge in [-0.2, -0.15) is 5.26 Å². The van der Waals surface area contributed by atoms with E-state index in [1.54, 1.807) is 6.07 Å². The van der Waals surface area contributed by atoms with E-state index in [9.17, 15) is 8.42 Å². The van der Waals surface area contributed by atoms with Crippen LogP contribution in [-0.4, -0.2) is 37.9 Å². The lowest BCUT2D eigenvalue weighted by Crippen LogP contribution is -2.31. The Balaban J connectivity index is 1.70. The van der Waals surface area contributed by atoms with E-state index in [0.717, 1.165) is 31.6 Å². The van der Waals surface area contributed by atoms with Crippen LogP contribution in [0.4, 0.5) is 0 Å². The summed E-state index contributed by atoms with van der Waals surface area (Å²) in [5.41, 5.74) is 1.58. The number of hydrogen-bond acceptors (Lipinski definition) is 4. The van der Waals surface area contributed by atoms with Crippen LogP contribution in [-0.2, 0) is 16.4 Å². The van der Waals surface area contributed by atoms with Gasteiger partial charge in [0.1, 0.15) is 0 Å². The van der Waals surface area contributed by atoms with Crippen LogP contribution in [0.5, 0.6) is 0 Å². The topological polar surface area (TPSA) is 61.2 Å². The van der Waals surface area contributed by atoms with E-state index >= 15 is 0 Å². The first-order valence-electron chi connectivity index (χ1n) is 7.07. The number of sulfone groups is 1. The molecular weight excluding hydrogens is 308 g/mol. The molecule has 1 aromatic rings. The van der Waals surface area contributed by atoms with Crippen LogP contribution in [0.1, 0.15) is 17.5 Å². The fourth-order valence-corrected chi connectivity index (χ4v) is 5.60. The van der Waals surface area contributed by atoms with Gasteiger partial charge in [-0.05, 0) is 42.0 Å². The SMILES string of the molecule is N#Cc1cc(Cl)cc(CN2CC3CCS(=O)(=O)CC3C2)c1. The van der Waals surface area contributed by atoms with Gasteiger partial charge in [-0.25, -0.2) is 8.42 Å². The molecule has 4 nitrogen and oxygen atoms in total. The maximum Gasteiger partial charge on any atom is 0.150 e. The van der Waals surface area contributed by atoms with Crippen molar-refractivity contribution in [3.05, 3.63) is 34.3 Å². The van der Waals surface area contributed by atoms with Gasteiger partial charge in [-0.3, -0.25) is 4.90 Å². The highest BCUT2D eigenvalue weighted by Gasteiger charge is 2.39. The van der Waals surface area contributed by atoms with Crippen LogP contribution >= 0.6 is 11.6 Å².